The fourth-order valence-electron chi connectivity index (χ4n) is 2.22. The first-order chi connectivity index (χ1) is 8.40. The predicted molar refractivity (Wildman–Crippen MR) is 66.8 cm³/mol. The zero-order chi connectivity index (χ0) is 13.4. The second-order valence-corrected chi connectivity index (χ2v) is 4.53. The highest BCUT2D eigenvalue weighted by Crippen LogP contribution is 2.27. The Morgan fingerprint density at radius 1 is 1.56 bits per heavy atom. The van der Waals surface area contributed by atoms with E-state index in [9.17, 15) is 9.18 Å². The fourth-order valence-corrected chi connectivity index (χ4v) is 2.22. The van der Waals surface area contributed by atoms with Crippen molar-refractivity contribution in [2.75, 3.05) is 0 Å². The van der Waals surface area contributed by atoms with Crippen LogP contribution in [0.4, 0.5) is 4.39 Å². The van der Waals surface area contributed by atoms with Gasteiger partial charge in [0, 0.05) is 24.7 Å². The summed E-state index contributed by atoms with van der Waals surface area (Å²) in [5.41, 5.74) is 7.72. The third-order valence-corrected chi connectivity index (χ3v) is 3.07. The van der Waals surface area contributed by atoms with Gasteiger partial charge in [0.2, 0.25) is 0 Å². The van der Waals surface area contributed by atoms with Gasteiger partial charge in [-0.25, -0.2) is 4.39 Å². The van der Waals surface area contributed by atoms with Gasteiger partial charge in [-0.2, -0.15) is 0 Å². The van der Waals surface area contributed by atoms with E-state index in [4.69, 9.17) is 10.8 Å². The van der Waals surface area contributed by atoms with Crippen molar-refractivity contribution in [1.29, 1.82) is 0 Å². The van der Waals surface area contributed by atoms with Crippen molar-refractivity contribution in [3.63, 3.8) is 0 Å². The van der Waals surface area contributed by atoms with Crippen LogP contribution in [0.3, 0.4) is 0 Å². The van der Waals surface area contributed by atoms with E-state index in [2.05, 4.69) is 0 Å². The molecule has 0 aliphatic carbocycles. The number of rotatable bonds is 3. The molecule has 1 heterocycles. The summed E-state index contributed by atoms with van der Waals surface area (Å²) in [6.45, 7) is 1.88. The number of aromatic nitrogens is 1. The summed E-state index contributed by atoms with van der Waals surface area (Å²) >= 11 is 0. The van der Waals surface area contributed by atoms with Crippen LogP contribution in [0.15, 0.2) is 18.3 Å². The van der Waals surface area contributed by atoms with Crippen molar-refractivity contribution < 1.29 is 14.3 Å². The summed E-state index contributed by atoms with van der Waals surface area (Å²) in [5, 5.41) is 9.48. The van der Waals surface area contributed by atoms with Gasteiger partial charge in [-0.05, 0) is 30.2 Å². The summed E-state index contributed by atoms with van der Waals surface area (Å²) in [5.74, 6) is -1.37. The standard InChI is InChI=1S/C13H15FN2O2/c1-7-6-16(2)13-9(7)3-8(4-10(13)14)11(15)5-12(17)18/h3-4,6,11H,5,15H2,1-2H3,(H,17,18). The van der Waals surface area contributed by atoms with Crippen LogP contribution in [-0.4, -0.2) is 15.6 Å². The molecule has 2 aromatic rings. The first-order valence-electron chi connectivity index (χ1n) is 5.62. The van der Waals surface area contributed by atoms with Gasteiger partial charge < -0.3 is 15.4 Å². The number of hydrogen-bond acceptors (Lipinski definition) is 2. The number of nitrogens with two attached hydrogens (primary N) is 1. The Morgan fingerprint density at radius 2 is 2.22 bits per heavy atom. The molecular formula is C13H15FN2O2. The van der Waals surface area contributed by atoms with Crippen LogP contribution >= 0.6 is 0 Å². The third kappa shape index (κ3) is 2.09. The second kappa shape index (κ2) is 4.42. The molecule has 1 aromatic heterocycles. The second-order valence-electron chi connectivity index (χ2n) is 4.53. The minimum atomic E-state index is -0.993. The zero-order valence-corrected chi connectivity index (χ0v) is 10.3. The van der Waals surface area contributed by atoms with E-state index in [-0.39, 0.29) is 12.2 Å². The Hall–Kier alpha value is -1.88. The number of carbonyl (C=O) groups is 1. The molecule has 4 nitrogen and oxygen atoms in total. The largest absolute Gasteiger partial charge is 0.481 e. The molecule has 0 aliphatic rings. The molecule has 0 radical (unpaired) electrons. The molecular weight excluding hydrogens is 235 g/mol. The highest BCUT2D eigenvalue weighted by molar-refractivity contribution is 5.85. The molecule has 0 spiro atoms. The summed E-state index contributed by atoms with van der Waals surface area (Å²) in [6, 6.07) is 2.39. The molecule has 0 fully saturated rings. The number of carboxylic acids is 1. The maximum absolute atomic E-state index is 14.0. The minimum absolute atomic E-state index is 0.211. The van der Waals surface area contributed by atoms with Crippen molar-refractivity contribution in [1.82, 2.24) is 4.57 Å². The van der Waals surface area contributed by atoms with E-state index >= 15 is 0 Å². The number of aliphatic carboxylic acids is 1. The minimum Gasteiger partial charge on any atom is -0.481 e. The molecule has 0 bridgehead atoms. The normalized spacial score (nSPS) is 12.9. The van der Waals surface area contributed by atoms with Gasteiger partial charge in [-0.3, -0.25) is 4.79 Å². The number of nitrogens with zero attached hydrogens (tertiary/aromatic N) is 1. The highest BCUT2D eigenvalue weighted by Gasteiger charge is 2.16. The first-order valence-corrected chi connectivity index (χ1v) is 5.62. The smallest absolute Gasteiger partial charge is 0.305 e. The van der Waals surface area contributed by atoms with E-state index < -0.39 is 12.0 Å². The van der Waals surface area contributed by atoms with Crippen LogP contribution in [0.1, 0.15) is 23.6 Å². The number of aryl methyl sites for hydroxylation is 2. The van der Waals surface area contributed by atoms with Crippen molar-refractivity contribution in [3.05, 3.63) is 35.3 Å². The SMILES string of the molecule is Cc1cn(C)c2c(F)cc(C(N)CC(=O)O)cc12. The summed E-state index contributed by atoms with van der Waals surface area (Å²) in [6.07, 6.45) is 1.62. The zero-order valence-electron chi connectivity index (χ0n) is 10.3. The van der Waals surface area contributed by atoms with E-state index in [0.717, 1.165) is 10.9 Å². The molecule has 1 unspecified atom stereocenters. The summed E-state index contributed by atoms with van der Waals surface area (Å²) in [7, 11) is 1.77. The number of halogens is 1. The van der Waals surface area contributed by atoms with Crippen molar-refractivity contribution in [3.8, 4) is 0 Å². The molecule has 1 atom stereocenters. The van der Waals surface area contributed by atoms with E-state index in [1.165, 1.54) is 6.07 Å². The predicted octanol–water partition coefficient (Wildman–Crippen LogP) is 2.10. The van der Waals surface area contributed by atoms with Crippen molar-refractivity contribution in [2.24, 2.45) is 12.8 Å². The number of fused-ring (bicyclic) bond motifs is 1. The Kier molecular flexibility index (Phi) is 3.09. The Bertz CT molecular complexity index is 619. The number of hydrogen-bond donors (Lipinski definition) is 2. The molecule has 5 heteroatoms. The highest BCUT2D eigenvalue weighted by atomic mass is 19.1. The van der Waals surface area contributed by atoms with Crippen LogP contribution in [-0.2, 0) is 11.8 Å². The summed E-state index contributed by atoms with van der Waals surface area (Å²) in [4.78, 5) is 10.6. The molecule has 2 rings (SSSR count). The van der Waals surface area contributed by atoms with Crippen LogP contribution < -0.4 is 5.73 Å². The topological polar surface area (TPSA) is 68.2 Å². The molecule has 0 saturated heterocycles. The third-order valence-electron chi connectivity index (χ3n) is 3.07. The van der Waals surface area contributed by atoms with Crippen molar-refractivity contribution >= 4 is 16.9 Å². The van der Waals surface area contributed by atoms with E-state index in [0.29, 0.717) is 11.1 Å². The van der Waals surface area contributed by atoms with Crippen molar-refractivity contribution in [2.45, 2.75) is 19.4 Å². The van der Waals surface area contributed by atoms with Crippen LogP contribution in [0.25, 0.3) is 10.9 Å². The number of benzene rings is 1. The molecule has 0 amide bonds. The van der Waals surface area contributed by atoms with Crippen LogP contribution in [0.5, 0.6) is 0 Å². The Morgan fingerprint density at radius 3 is 2.83 bits per heavy atom. The lowest BCUT2D eigenvalue weighted by molar-refractivity contribution is -0.137. The van der Waals surface area contributed by atoms with Gasteiger partial charge in [0.05, 0.1) is 11.9 Å². The van der Waals surface area contributed by atoms with Crippen LogP contribution in [0.2, 0.25) is 0 Å². The van der Waals surface area contributed by atoms with Gasteiger partial charge in [-0.1, -0.05) is 0 Å². The molecule has 3 N–H and O–H groups in total. The first kappa shape index (κ1) is 12.6. The lowest BCUT2D eigenvalue weighted by atomic mass is 10.0. The van der Waals surface area contributed by atoms with Crippen LogP contribution in [0, 0.1) is 12.7 Å². The lowest BCUT2D eigenvalue weighted by Gasteiger charge is -2.10. The molecule has 0 saturated carbocycles. The quantitative estimate of drug-likeness (QED) is 0.876. The number of carboxylic acid groups (broad SMARTS) is 1. The average Bonchev–Trinajstić information content (AvgIpc) is 2.53. The fraction of sp³-hybridized carbons (Fsp3) is 0.308. The van der Waals surface area contributed by atoms with Gasteiger partial charge in [0.15, 0.2) is 0 Å². The Balaban J connectivity index is 2.55. The van der Waals surface area contributed by atoms with E-state index in [1.807, 2.05) is 13.1 Å². The lowest BCUT2D eigenvalue weighted by Crippen LogP contribution is -2.15. The molecule has 96 valence electrons. The molecule has 1 aromatic carbocycles. The summed E-state index contributed by atoms with van der Waals surface area (Å²) < 4.78 is 15.7. The van der Waals surface area contributed by atoms with Gasteiger partial charge >= 0.3 is 5.97 Å². The molecule has 0 aliphatic heterocycles. The van der Waals surface area contributed by atoms with Gasteiger partial charge in [0.1, 0.15) is 5.82 Å². The van der Waals surface area contributed by atoms with E-state index in [1.54, 1.807) is 17.7 Å². The maximum atomic E-state index is 14.0. The Labute approximate surface area is 104 Å². The van der Waals surface area contributed by atoms with Gasteiger partial charge in [0.25, 0.3) is 0 Å². The maximum Gasteiger partial charge on any atom is 0.305 e. The average molecular weight is 250 g/mol. The van der Waals surface area contributed by atoms with Gasteiger partial charge in [-0.15, -0.1) is 0 Å². The monoisotopic (exact) mass is 250 g/mol. The molecule has 18 heavy (non-hydrogen) atoms.